The molecule has 1 aliphatic rings. The number of carbonyl (C=O) groups is 1. The van der Waals surface area contributed by atoms with E-state index in [1.807, 2.05) is 52.0 Å². The number of hydrogen-bond donors (Lipinski definition) is 2. The molecule has 0 spiro atoms. The van der Waals surface area contributed by atoms with Crippen LogP contribution in [0.5, 0.6) is 5.75 Å². The third kappa shape index (κ3) is 3.20. The van der Waals surface area contributed by atoms with Crippen LogP contribution in [0.3, 0.4) is 0 Å². The van der Waals surface area contributed by atoms with Crippen molar-refractivity contribution in [1.82, 2.24) is 5.32 Å². The molecular formula is C18H22N2O2S. The lowest BCUT2D eigenvalue weighted by molar-refractivity contribution is 0.0621. The average molecular weight is 330 g/mol. The SMILES string of the molecule is Cc1cc(C(=O)NC2CC(C)(C)Oc3ccc(N)cc32)sc1C. The van der Waals surface area contributed by atoms with E-state index in [2.05, 4.69) is 5.32 Å². The van der Waals surface area contributed by atoms with Crippen LogP contribution in [0.2, 0.25) is 0 Å². The Balaban J connectivity index is 1.90. The Hall–Kier alpha value is -2.01. The zero-order valence-electron chi connectivity index (χ0n) is 13.9. The summed E-state index contributed by atoms with van der Waals surface area (Å²) in [4.78, 5) is 14.5. The number of rotatable bonds is 2. The second-order valence-corrected chi connectivity index (χ2v) is 8.00. The fraction of sp³-hybridized carbons (Fsp3) is 0.389. The second-order valence-electron chi connectivity index (χ2n) is 6.74. The van der Waals surface area contributed by atoms with Crippen LogP contribution in [0.25, 0.3) is 0 Å². The molecule has 1 aromatic carbocycles. The summed E-state index contributed by atoms with van der Waals surface area (Å²) in [6, 6.07) is 7.43. The molecular weight excluding hydrogens is 308 g/mol. The van der Waals surface area contributed by atoms with E-state index in [9.17, 15) is 4.79 Å². The van der Waals surface area contributed by atoms with Crippen LogP contribution in [0.15, 0.2) is 24.3 Å². The van der Waals surface area contributed by atoms with Crippen molar-refractivity contribution in [2.45, 2.75) is 45.8 Å². The Bertz CT molecular complexity index is 745. The van der Waals surface area contributed by atoms with Crippen LogP contribution < -0.4 is 15.8 Å². The smallest absolute Gasteiger partial charge is 0.261 e. The first-order valence-corrected chi connectivity index (χ1v) is 8.53. The number of aryl methyl sites for hydroxylation is 2. The molecule has 1 aliphatic heterocycles. The first-order chi connectivity index (χ1) is 10.7. The van der Waals surface area contributed by atoms with Gasteiger partial charge in [0.1, 0.15) is 11.4 Å². The minimum absolute atomic E-state index is 0.0396. The van der Waals surface area contributed by atoms with Gasteiger partial charge < -0.3 is 15.8 Å². The van der Waals surface area contributed by atoms with Gasteiger partial charge >= 0.3 is 0 Å². The predicted octanol–water partition coefficient (Wildman–Crippen LogP) is 3.98. The summed E-state index contributed by atoms with van der Waals surface area (Å²) in [5.41, 5.74) is 8.35. The molecule has 0 saturated heterocycles. The normalized spacial score (nSPS) is 18.9. The maximum atomic E-state index is 12.6. The monoisotopic (exact) mass is 330 g/mol. The number of fused-ring (bicyclic) bond motifs is 1. The molecule has 1 amide bonds. The molecule has 122 valence electrons. The van der Waals surface area contributed by atoms with Crippen molar-refractivity contribution in [2.75, 3.05) is 5.73 Å². The number of thiophene rings is 1. The Morgan fingerprint density at radius 1 is 1.35 bits per heavy atom. The number of carbonyl (C=O) groups excluding carboxylic acids is 1. The summed E-state index contributed by atoms with van der Waals surface area (Å²) in [5, 5.41) is 3.15. The van der Waals surface area contributed by atoms with Crippen molar-refractivity contribution in [3.8, 4) is 5.75 Å². The summed E-state index contributed by atoms with van der Waals surface area (Å²) in [5.74, 6) is 0.751. The van der Waals surface area contributed by atoms with Crippen molar-refractivity contribution < 1.29 is 9.53 Å². The summed E-state index contributed by atoms with van der Waals surface area (Å²) in [6.45, 7) is 8.12. The van der Waals surface area contributed by atoms with Gasteiger partial charge in [-0.1, -0.05) is 0 Å². The lowest BCUT2D eigenvalue weighted by atomic mass is 9.89. The number of benzene rings is 1. The first kappa shape index (κ1) is 15.9. The predicted molar refractivity (Wildman–Crippen MR) is 94.2 cm³/mol. The minimum atomic E-state index is -0.331. The van der Waals surface area contributed by atoms with E-state index in [0.717, 1.165) is 21.8 Å². The van der Waals surface area contributed by atoms with Gasteiger partial charge in [-0.05, 0) is 57.5 Å². The Morgan fingerprint density at radius 2 is 2.09 bits per heavy atom. The van der Waals surface area contributed by atoms with Crippen LogP contribution in [0.4, 0.5) is 5.69 Å². The Kier molecular flexibility index (Phi) is 3.84. The van der Waals surface area contributed by atoms with Gasteiger partial charge in [0.05, 0.1) is 10.9 Å². The molecule has 3 rings (SSSR count). The largest absolute Gasteiger partial charge is 0.487 e. The van der Waals surface area contributed by atoms with Gasteiger partial charge in [-0.25, -0.2) is 0 Å². The highest BCUT2D eigenvalue weighted by molar-refractivity contribution is 7.14. The molecule has 0 aliphatic carbocycles. The van der Waals surface area contributed by atoms with Crippen molar-refractivity contribution in [1.29, 1.82) is 0 Å². The summed E-state index contributed by atoms with van der Waals surface area (Å²) < 4.78 is 6.01. The molecule has 0 radical (unpaired) electrons. The van der Waals surface area contributed by atoms with Crippen molar-refractivity contribution in [3.63, 3.8) is 0 Å². The van der Waals surface area contributed by atoms with Gasteiger partial charge in [0, 0.05) is 22.5 Å². The third-order valence-corrected chi connectivity index (χ3v) is 5.34. The summed E-state index contributed by atoms with van der Waals surface area (Å²) in [7, 11) is 0. The van der Waals surface area contributed by atoms with E-state index in [4.69, 9.17) is 10.5 Å². The first-order valence-electron chi connectivity index (χ1n) is 7.71. The average Bonchev–Trinajstić information content (AvgIpc) is 2.79. The second kappa shape index (κ2) is 5.57. The molecule has 4 nitrogen and oxygen atoms in total. The number of ether oxygens (including phenoxy) is 1. The fourth-order valence-corrected chi connectivity index (χ4v) is 3.85. The van der Waals surface area contributed by atoms with Gasteiger partial charge in [0.15, 0.2) is 0 Å². The molecule has 0 bridgehead atoms. The maximum absolute atomic E-state index is 12.6. The van der Waals surface area contributed by atoms with Gasteiger partial charge in [-0.3, -0.25) is 4.79 Å². The number of anilines is 1. The molecule has 2 aromatic rings. The quantitative estimate of drug-likeness (QED) is 0.819. The number of amides is 1. The highest BCUT2D eigenvalue weighted by Gasteiger charge is 2.35. The highest BCUT2D eigenvalue weighted by Crippen LogP contribution is 2.40. The van der Waals surface area contributed by atoms with E-state index < -0.39 is 0 Å². The molecule has 1 aromatic heterocycles. The third-order valence-electron chi connectivity index (χ3n) is 4.19. The van der Waals surface area contributed by atoms with E-state index >= 15 is 0 Å². The molecule has 5 heteroatoms. The lowest BCUT2D eigenvalue weighted by Crippen LogP contribution is -2.41. The zero-order chi connectivity index (χ0) is 16.8. The number of nitrogen functional groups attached to an aromatic ring is 1. The Morgan fingerprint density at radius 3 is 2.74 bits per heavy atom. The van der Waals surface area contributed by atoms with E-state index in [1.165, 1.54) is 16.2 Å². The standard InChI is InChI=1S/C18H22N2O2S/c1-10-7-16(23-11(10)2)17(21)20-14-9-18(3,4)22-15-6-5-12(19)8-13(14)15/h5-8,14H,9,19H2,1-4H3,(H,20,21). The zero-order valence-corrected chi connectivity index (χ0v) is 14.7. The van der Waals surface area contributed by atoms with Crippen molar-refractivity contribution in [2.24, 2.45) is 0 Å². The van der Waals surface area contributed by atoms with Crippen LogP contribution in [0, 0.1) is 13.8 Å². The van der Waals surface area contributed by atoms with Gasteiger partial charge in [-0.15, -0.1) is 11.3 Å². The molecule has 3 N–H and O–H groups in total. The van der Waals surface area contributed by atoms with Crippen LogP contribution in [-0.4, -0.2) is 11.5 Å². The minimum Gasteiger partial charge on any atom is -0.487 e. The molecule has 0 fully saturated rings. The topological polar surface area (TPSA) is 64.3 Å². The van der Waals surface area contributed by atoms with E-state index in [0.29, 0.717) is 12.1 Å². The van der Waals surface area contributed by atoms with Crippen LogP contribution in [0.1, 0.15) is 52.0 Å². The summed E-state index contributed by atoms with van der Waals surface area (Å²) in [6.07, 6.45) is 0.707. The van der Waals surface area contributed by atoms with E-state index in [-0.39, 0.29) is 17.6 Å². The molecule has 23 heavy (non-hydrogen) atoms. The van der Waals surface area contributed by atoms with Gasteiger partial charge in [-0.2, -0.15) is 0 Å². The number of nitrogens with two attached hydrogens (primary N) is 1. The molecule has 2 heterocycles. The maximum Gasteiger partial charge on any atom is 0.261 e. The Labute approximate surface area is 140 Å². The van der Waals surface area contributed by atoms with Crippen molar-refractivity contribution in [3.05, 3.63) is 45.1 Å². The van der Waals surface area contributed by atoms with Crippen LogP contribution >= 0.6 is 11.3 Å². The highest BCUT2D eigenvalue weighted by atomic mass is 32.1. The summed E-state index contributed by atoms with van der Waals surface area (Å²) >= 11 is 1.53. The lowest BCUT2D eigenvalue weighted by Gasteiger charge is -2.38. The number of hydrogen-bond acceptors (Lipinski definition) is 4. The van der Waals surface area contributed by atoms with Gasteiger partial charge in [0.2, 0.25) is 0 Å². The van der Waals surface area contributed by atoms with Gasteiger partial charge in [0.25, 0.3) is 5.91 Å². The molecule has 1 atom stereocenters. The fourth-order valence-electron chi connectivity index (χ4n) is 2.92. The molecule has 0 saturated carbocycles. The van der Waals surface area contributed by atoms with Crippen LogP contribution in [-0.2, 0) is 0 Å². The van der Waals surface area contributed by atoms with Crippen molar-refractivity contribution >= 4 is 22.9 Å². The van der Waals surface area contributed by atoms with E-state index in [1.54, 1.807) is 0 Å². The number of nitrogens with one attached hydrogen (secondary N) is 1. The molecule has 1 unspecified atom stereocenters.